The van der Waals surface area contributed by atoms with Crippen molar-refractivity contribution in [1.82, 2.24) is 4.31 Å². The predicted octanol–water partition coefficient (Wildman–Crippen LogP) is 2.38. The van der Waals surface area contributed by atoms with E-state index >= 15 is 0 Å². The Labute approximate surface area is 130 Å². The molecule has 2 saturated heterocycles. The zero-order valence-corrected chi connectivity index (χ0v) is 13.9. The van der Waals surface area contributed by atoms with Crippen LogP contribution in [0.4, 0.5) is 0 Å². The maximum atomic E-state index is 12.5. The standard InChI is InChI=1S/C15H21NO3S2/c1-13-3-2-4-14(11-13)12-21(17,18)16-7-5-15(6-8-16)19-9-10-20-15/h2-4,11H,5-10,12H2,1H3. The van der Waals surface area contributed by atoms with Crippen LogP contribution in [0.25, 0.3) is 0 Å². The van der Waals surface area contributed by atoms with Crippen molar-refractivity contribution in [1.29, 1.82) is 0 Å². The second kappa shape index (κ2) is 5.91. The third-order valence-corrected chi connectivity index (χ3v) is 7.40. The second-order valence-corrected chi connectivity index (χ2v) is 9.16. The van der Waals surface area contributed by atoms with Gasteiger partial charge in [0.2, 0.25) is 10.0 Å². The number of piperidine rings is 1. The summed E-state index contributed by atoms with van der Waals surface area (Å²) < 4.78 is 32.5. The van der Waals surface area contributed by atoms with Gasteiger partial charge in [-0.3, -0.25) is 0 Å². The molecule has 0 aliphatic carbocycles. The van der Waals surface area contributed by atoms with Crippen molar-refractivity contribution in [3.63, 3.8) is 0 Å². The van der Waals surface area contributed by atoms with Gasteiger partial charge >= 0.3 is 0 Å². The van der Waals surface area contributed by atoms with Crippen LogP contribution in [0.3, 0.4) is 0 Å². The normalized spacial score (nSPS) is 22.7. The van der Waals surface area contributed by atoms with E-state index in [9.17, 15) is 8.42 Å². The summed E-state index contributed by atoms with van der Waals surface area (Å²) in [7, 11) is -3.23. The molecule has 6 heteroatoms. The number of nitrogens with zero attached hydrogens (tertiary/aromatic N) is 1. The molecule has 0 bridgehead atoms. The van der Waals surface area contributed by atoms with Crippen LogP contribution < -0.4 is 0 Å². The minimum atomic E-state index is -3.23. The molecule has 0 N–H and O–H groups in total. The quantitative estimate of drug-likeness (QED) is 0.855. The van der Waals surface area contributed by atoms with Crippen molar-refractivity contribution < 1.29 is 13.2 Å². The summed E-state index contributed by atoms with van der Waals surface area (Å²) in [5.74, 6) is 1.12. The Balaban J connectivity index is 1.66. The summed E-state index contributed by atoms with van der Waals surface area (Å²) in [4.78, 5) is -0.116. The molecule has 2 heterocycles. The molecule has 0 saturated carbocycles. The molecule has 116 valence electrons. The third kappa shape index (κ3) is 3.44. The number of hydrogen-bond donors (Lipinski definition) is 0. The van der Waals surface area contributed by atoms with Crippen LogP contribution in [-0.2, 0) is 20.5 Å². The minimum absolute atomic E-state index is 0.0929. The van der Waals surface area contributed by atoms with E-state index in [1.54, 1.807) is 4.31 Å². The molecule has 0 atom stereocenters. The number of hydrogen-bond acceptors (Lipinski definition) is 4. The number of ether oxygens (including phenoxy) is 1. The highest BCUT2D eigenvalue weighted by atomic mass is 32.2. The predicted molar refractivity (Wildman–Crippen MR) is 85.8 cm³/mol. The Morgan fingerprint density at radius 3 is 2.71 bits per heavy atom. The number of sulfonamides is 1. The summed E-state index contributed by atoms with van der Waals surface area (Å²) in [6.07, 6.45) is 1.59. The van der Waals surface area contributed by atoms with Crippen LogP contribution in [0.5, 0.6) is 0 Å². The summed E-state index contributed by atoms with van der Waals surface area (Å²) in [6.45, 7) is 3.92. The van der Waals surface area contributed by atoms with Gasteiger partial charge < -0.3 is 4.74 Å². The highest BCUT2D eigenvalue weighted by molar-refractivity contribution is 8.00. The fraction of sp³-hybridized carbons (Fsp3) is 0.600. The fourth-order valence-corrected chi connectivity index (χ4v) is 5.69. The van der Waals surface area contributed by atoms with Crippen molar-refractivity contribution in [3.05, 3.63) is 35.4 Å². The van der Waals surface area contributed by atoms with Crippen LogP contribution in [0.15, 0.2) is 24.3 Å². The first-order valence-electron chi connectivity index (χ1n) is 7.30. The molecule has 1 aromatic rings. The van der Waals surface area contributed by atoms with E-state index in [0.29, 0.717) is 13.1 Å². The summed E-state index contributed by atoms with van der Waals surface area (Å²) in [5, 5.41) is 0. The lowest BCUT2D eigenvalue weighted by atomic mass is 10.1. The number of aryl methyl sites for hydroxylation is 1. The zero-order chi connectivity index (χ0) is 14.9. The molecule has 3 rings (SSSR count). The van der Waals surface area contributed by atoms with Gasteiger partial charge in [-0.05, 0) is 25.3 Å². The van der Waals surface area contributed by atoms with Gasteiger partial charge in [0.15, 0.2) is 0 Å². The van der Waals surface area contributed by atoms with Crippen molar-refractivity contribution in [3.8, 4) is 0 Å². The van der Waals surface area contributed by atoms with Gasteiger partial charge in [0.25, 0.3) is 0 Å². The molecular weight excluding hydrogens is 306 g/mol. The molecule has 2 aliphatic rings. The van der Waals surface area contributed by atoms with Crippen LogP contribution in [-0.4, -0.2) is 43.1 Å². The first-order chi connectivity index (χ1) is 9.99. The van der Waals surface area contributed by atoms with Crippen molar-refractivity contribution in [2.75, 3.05) is 25.4 Å². The zero-order valence-electron chi connectivity index (χ0n) is 12.2. The Kier molecular flexibility index (Phi) is 4.32. The van der Waals surface area contributed by atoms with Gasteiger partial charge in [-0.1, -0.05) is 29.8 Å². The molecule has 2 fully saturated rings. The highest BCUT2D eigenvalue weighted by Gasteiger charge is 2.41. The average molecular weight is 327 g/mol. The Morgan fingerprint density at radius 2 is 2.10 bits per heavy atom. The molecule has 1 spiro atoms. The van der Waals surface area contributed by atoms with E-state index in [2.05, 4.69) is 0 Å². The van der Waals surface area contributed by atoms with Crippen LogP contribution >= 0.6 is 11.8 Å². The molecule has 21 heavy (non-hydrogen) atoms. The van der Waals surface area contributed by atoms with Gasteiger partial charge in [0.1, 0.15) is 4.93 Å². The smallest absolute Gasteiger partial charge is 0.218 e. The van der Waals surface area contributed by atoms with Crippen LogP contribution in [0.2, 0.25) is 0 Å². The highest BCUT2D eigenvalue weighted by Crippen LogP contribution is 2.42. The van der Waals surface area contributed by atoms with E-state index < -0.39 is 10.0 Å². The molecule has 0 amide bonds. The minimum Gasteiger partial charge on any atom is -0.363 e. The topological polar surface area (TPSA) is 46.6 Å². The SMILES string of the molecule is Cc1cccc(CS(=O)(=O)N2CCC3(CC2)OCCS3)c1. The Hall–Kier alpha value is -0.560. The molecule has 0 aromatic heterocycles. The lowest BCUT2D eigenvalue weighted by Crippen LogP contribution is -2.45. The first kappa shape index (κ1) is 15.3. The number of thioether (sulfide) groups is 1. The lowest BCUT2D eigenvalue weighted by Gasteiger charge is -2.37. The van der Waals surface area contributed by atoms with E-state index in [4.69, 9.17) is 4.74 Å². The van der Waals surface area contributed by atoms with Gasteiger partial charge in [-0.15, -0.1) is 11.8 Å². The monoisotopic (exact) mass is 327 g/mol. The molecule has 4 nitrogen and oxygen atoms in total. The summed E-state index contributed by atoms with van der Waals surface area (Å²) >= 11 is 1.84. The molecule has 0 unspecified atom stereocenters. The van der Waals surface area contributed by atoms with Crippen LogP contribution in [0.1, 0.15) is 24.0 Å². The van der Waals surface area contributed by atoms with E-state index in [1.807, 2.05) is 43.0 Å². The average Bonchev–Trinajstić information content (AvgIpc) is 2.87. The lowest BCUT2D eigenvalue weighted by molar-refractivity contribution is 0.0161. The van der Waals surface area contributed by atoms with Crippen molar-refractivity contribution >= 4 is 21.8 Å². The Morgan fingerprint density at radius 1 is 1.33 bits per heavy atom. The van der Waals surface area contributed by atoms with E-state index in [1.165, 1.54) is 0 Å². The van der Waals surface area contributed by atoms with Crippen LogP contribution in [0, 0.1) is 6.92 Å². The summed E-state index contributed by atoms with van der Waals surface area (Å²) in [5.41, 5.74) is 1.96. The van der Waals surface area contributed by atoms with E-state index in [-0.39, 0.29) is 10.7 Å². The summed E-state index contributed by atoms with van der Waals surface area (Å²) in [6, 6.07) is 7.72. The fourth-order valence-electron chi connectivity index (χ4n) is 2.99. The molecule has 0 radical (unpaired) electrons. The maximum Gasteiger partial charge on any atom is 0.218 e. The molecular formula is C15H21NO3S2. The van der Waals surface area contributed by atoms with Crippen molar-refractivity contribution in [2.45, 2.75) is 30.5 Å². The van der Waals surface area contributed by atoms with Gasteiger partial charge in [0, 0.05) is 18.8 Å². The van der Waals surface area contributed by atoms with E-state index in [0.717, 1.165) is 36.3 Å². The molecule has 2 aliphatic heterocycles. The third-order valence-electron chi connectivity index (χ3n) is 4.12. The largest absolute Gasteiger partial charge is 0.363 e. The second-order valence-electron chi connectivity index (χ2n) is 5.75. The van der Waals surface area contributed by atoms with Gasteiger partial charge in [-0.2, -0.15) is 0 Å². The first-order valence-corrected chi connectivity index (χ1v) is 9.90. The maximum absolute atomic E-state index is 12.5. The van der Waals surface area contributed by atoms with Gasteiger partial charge in [0.05, 0.1) is 12.4 Å². The molecule has 1 aromatic carbocycles. The number of benzene rings is 1. The number of rotatable bonds is 3. The van der Waals surface area contributed by atoms with Gasteiger partial charge in [-0.25, -0.2) is 12.7 Å². The van der Waals surface area contributed by atoms with Crippen molar-refractivity contribution in [2.24, 2.45) is 0 Å². The Bertz CT molecular complexity index is 599.